The molecule has 25 heavy (non-hydrogen) atoms. The molecule has 2 aromatic heterocycles. The van der Waals surface area contributed by atoms with E-state index in [1.165, 1.54) is 5.56 Å². The molecule has 1 amide bonds. The summed E-state index contributed by atoms with van der Waals surface area (Å²) in [5, 5.41) is 5.00. The van der Waals surface area contributed by atoms with E-state index in [-0.39, 0.29) is 5.91 Å². The van der Waals surface area contributed by atoms with Crippen molar-refractivity contribution in [3.05, 3.63) is 87.9 Å². The number of carbonyl (C=O) groups is 1. The molecular formula is C21H20N2OS. The summed E-state index contributed by atoms with van der Waals surface area (Å²) < 4.78 is 0. The topological polar surface area (TPSA) is 42.0 Å². The van der Waals surface area contributed by atoms with E-state index in [9.17, 15) is 4.79 Å². The number of thiophene rings is 1. The summed E-state index contributed by atoms with van der Waals surface area (Å²) in [5.74, 6) is -0.0557. The molecule has 0 bridgehead atoms. The Hall–Kier alpha value is -2.72. The SMILES string of the molecule is Cc1cccc(/C=C(/C(=O)NCCc2ccccn2)c2cccs2)c1. The van der Waals surface area contributed by atoms with Gasteiger partial charge in [0.15, 0.2) is 0 Å². The van der Waals surface area contributed by atoms with Gasteiger partial charge in [-0.3, -0.25) is 9.78 Å². The number of rotatable bonds is 6. The fourth-order valence-electron chi connectivity index (χ4n) is 2.55. The highest BCUT2D eigenvalue weighted by molar-refractivity contribution is 7.11. The number of nitrogens with zero attached hydrogens (tertiary/aromatic N) is 1. The van der Waals surface area contributed by atoms with Gasteiger partial charge < -0.3 is 5.32 Å². The molecule has 4 heteroatoms. The minimum Gasteiger partial charge on any atom is -0.352 e. The van der Waals surface area contributed by atoms with Gasteiger partial charge in [0.25, 0.3) is 5.91 Å². The molecule has 2 heterocycles. The Labute approximate surface area is 152 Å². The van der Waals surface area contributed by atoms with Gasteiger partial charge in [-0.25, -0.2) is 0 Å². The summed E-state index contributed by atoms with van der Waals surface area (Å²) in [7, 11) is 0. The van der Waals surface area contributed by atoms with Crippen LogP contribution in [0.1, 0.15) is 21.7 Å². The maximum atomic E-state index is 12.7. The number of amides is 1. The van der Waals surface area contributed by atoms with Crippen molar-refractivity contribution < 1.29 is 4.79 Å². The van der Waals surface area contributed by atoms with Crippen molar-refractivity contribution in [1.29, 1.82) is 0 Å². The van der Waals surface area contributed by atoms with Crippen LogP contribution in [0.25, 0.3) is 11.6 Å². The molecule has 3 nitrogen and oxygen atoms in total. The first-order valence-corrected chi connectivity index (χ1v) is 9.11. The van der Waals surface area contributed by atoms with Crippen molar-refractivity contribution >= 4 is 28.9 Å². The number of pyridine rings is 1. The maximum Gasteiger partial charge on any atom is 0.252 e. The van der Waals surface area contributed by atoms with Crippen LogP contribution in [0.2, 0.25) is 0 Å². The Bertz CT molecular complexity index is 855. The average molecular weight is 348 g/mol. The third-order valence-corrected chi connectivity index (χ3v) is 4.68. The molecule has 0 aliphatic carbocycles. The van der Waals surface area contributed by atoms with Crippen LogP contribution in [-0.2, 0) is 11.2 Å². The second-order valence-corrected chi connectivity index (χ2v) is 6.72. The lowest BCUT2D eigenvalue weighted by Gasteiger charge is -2.08. The van der Waals surface area contributed by atoms with Crippen molar-refractivity contribution in [1.82, 2.24) is 10.3 Å². The van der Waals surface area contributed by atoms with Gasteiger partial charge in [0.05, 0.1) is 5.57 Å². The van der Waals surface area contributed by atoms with E-state index in [4.69, 9.17) is 0 Å². The Morgan fingerprint density at radius 3 is 2.80 bits per heavy atom. The van der Waals surface area contributed by atoms with Crippen molar-refractivity contribution in [2.45, 2.75) is 13.3 Å². The summed E-state index contributed by atoms with van der Waals surface area (Å²) in [6.45, 7) is 2.61. The number of nitrogens with one attached hydrogen (secondary N) is 1. The van der Waals surface area contributed by atoms with Crippen LogP contribution < -0.4 is 5.32 Å². The molecule has 0 aliphatic heterocycles. The number of aryl methyl sites for hydroxylation is 1. The Morgan fingerprint density at radius 2 is 2.08 bits per heavy atom. The largest absolute Gasteiger partial charge is 0.352 e. The van der Waals surface area contributed by atoms with Crippen LogP contribution in [-0.4, -0.2) is 17.4 Å². The number of carbonyl (C=O) groups excluding carboxylic acids is 1. The van der Waals surface area contributed by atoms with Crippen LogP contribution in [0.15, 0.2) is 66.2 Å². The first-order valence-electron chi connectivity index (χ1n) is 8.23. The number of benzene rings is 1. The molecule has 0 unspecified atom stereocenters. The Morgan fingerprint density at radius 1 is 1.16 bits per heavy atom. The number of aromatic nitrogens is 1. The van der Waals surface area contributed by atoms with E-state index in [0.717, 1.165) is 22.6 Å². The number of hydrogen-bond donors (Lipinski definition) is 1. The molecule has 0 atom stereocenters. The van der Waals surface area contributed by atoms with Crippen LogP contribution in [0.3, 0.4) is 0 Å². The van der Waals surface area contributed by atoms with Gasteiger partial charge in [-0.15, -0.1) is 11.3 Å². The minimum absolute atomic E-state index is 0.0557. The average Bonchev–Trinajstić information content (AvgIpc) is 3.15. The lowest BCUT2D eigenvalue weighted by atomic mass is 10.1. The zero-order valence-corrected chi connectivity index (χ0v) is 14.9. The predicted octanol–water partition coefficient (Wildman–Crippen LogP) is 4.35. The monoisotopic (exact) mass is 348 g/mol. The summed E-state index contributed by atoms with van der Waals surface area (Å²) in [6, 6.07) is 17.9. The van der Waals surface area contributed by atoms with Gasteiger partial charge in [-0.05, 0) is 42.1 Å². The lowest BCUT2D eigenvalue weighted by Crippen LogP contribution is -2.26. The molecule has 0 saturated carbocycles. The summed E-state index contributed by atoms with van der Waals surface area (Å²) >= 11 is 1.57. The second kappa shape index (κ2) is 8.40. The van der Waals surface area contributed by atoms with Crippen LogP contribution >= 0.6 is 11.3 Å². The molecule has 0 radical (unpaired) electrons. The van der Waals surface area contributed by atoms with E-state index < -0.39 is 0 Å². The molecule has 1 N–H and O–H groups in total. The highest BCUT2D eigenvalue weighted by Crippen LogP contribution is 2.23. The van der Waals surface area contributed by atoms with E-state index in [1.54, 1.807) is 17.5 Å². The molecule has 3 aromatic rings. The fourth-order valence-corrected chi connectivity index (χ4v) is 3.29. The second-order valence-electron chi connectivity index (χ2n) is 5.78. The third kappa shape index (κ3) is 4.88. The standard InChI is InChI=1S/C21H20N2OS/c1-16-6-4-7-17(14-16)15-19(20-9-5-13-25-20)21(24)23-12-10-18-8-2-3-11-22-18/h2-9,11,13-15H,10,12H2,1H3,(H,23,24)/b19-15+. The normalized spacial score (nSPS) is 11.3. The van der Waals surface area contributed by atoms with Gasteiger partial charge in [-0.2, -0.15) is 0 Å². The van der Waals surface area contributed by atoms with Gasteiger partial charge in [0, 0.05) is 29.7 Å². The quantitative estimate of drug-likeness (QED) is 0.673. The van der Waals surface area contributed by atoms with Gasteiger partial charge in [0.1, 0.15) is 0 Å². The molecule has 0 fully saturated rings. The molecule has 0 spiro atoms. The fraction of sp³-hybridized carbons (Fsp3) is 0.143. The minimum atomic E-state index is -0.0557. The van der Waals surface area contributed by atoms with Gasteiger partial charge in [-0.1, -0.05) is 42.0 Å². The molecule has 1 aromatic carbocycles. The highest BCUT2D eigenvalue weighted by atomic mass is 32.1. The van der Waals surface area contributed by atoms with Crippen molar-refractivity contribution in [2.24, 2.45) is 0 Å². The molecule has 126 valence electrons. The zero-order chi connectivity index (χ0) is 17.5. The Kier molecular flexibility index (Phi) is 5.75. The Balaban J connectivity index is 1.74. The first-order chi connectivity index (χ1) is 12.2. The molecule has 0 aliphatic rings. The van der Waals surface area contributed by atoms with E-state index in [2.05, 4.69) is 29.4 Å². The number of hydrogen-bond acceptors (Lipinski definition) is 3. The zero-order valence-electron chi connectivity index (χ0n) is 14.1. The van der Waals surface area contributed by atoms with E-state index in [0.29, 0.717) is 12.1 Å². The summed E-state index contributed by atoms with van der Waals surface area (Å²) in [4.78, 5) is 18.0. The smallest absolute Gasteiger partial charge is 0.252 e. The van der Waals surface area contributed by atoms with Crippen molar-refractivity contribution in [3.63, 3.8) is 0 Å². The summed E-state index contributed by atoms with van der Waals surface area (Å²) in [5.41, 5.74) is 3.88. The lowest BCUT2D eigenvalue weighted by molar-refractivity contribution is -0.115. The highest BCUT2D eigenvalue weighted by Gasteiger charge is 2.13. The van der Waals surface area contributed by atoms with Crippen LogP contribution in [0.4, 0.5) is 0 Å². The van der Waals surface area contributed by atoms with Crippen LogP contribution in [0, 0.1) is 6.92 Å². The van der Waals surface area contributed by atoms with Crippen molar-refractivity contribution in [2.75, 3.05) is 6.54 Å². The molecule has 3 rings (SSSR count). The molecule has 0 saturated heterocycles. The summed E-state index contributed by atoms with van der Waals surface area (Å²) in [6.07, 6.45) is 4.44. The molecular weight excluding hydrogens is 328 g/mol. The maximum absolute atomic E-state index is 12.7. The van der Waals surface area contributed by atoms with E-state index in [1.807, 2.05) is 53.9 Å². The van der Waals surface area contributed by atoms with Crippen LogP contribution in [0.5, 0.6) is 0 Å². The van der Waals surface area contributed by atoms with E-state index >= 15 is 0 Å². The third-order valence-electron chi connectivity index (χ3n) is 3.78. The van der Waals surface area contributed by atoms with Crippen molar-refractivity contribution in [3.8, 4) is 0 Å². The first kappa shape index (κ1) is 17.1. The predicted molar refractivity (Wildman–Crippen MR) is 104 cm³/mol. The van der Waals surface area contributed by atoms with Gasteiger partial charge >= 0.3 is 0 Å². The van der Waals surface area contributed by atoms with Gasteiger partial charge in [0.2, 0.25) is 0 Å².